The average Bonchev–Trinajstić information content (AvgIpc) is 3.92. The van der Waals surface area contributed by atoms with Gasteiger partial charge < -0.3 is 14.8 Å². The van der Waals surface area contributed by atoms with Gasteiger partial charge in [0.25, 0.3) is 0 Å². The van der Waals surface area contributed by atoms with Crippen LogP contribution in [0.25, 0.3) is 0 Å². The summed E-state index contributed by atoms with van der Waals surface area (Å²) in [5, 5.41) is 7.39. The van der Waals surface area contributed by atoms with Crippen molar-refractivity contribution in [3.63, 3.8) is 0 Å². The molecule has 12 heteroatoms. The van der Waals surface area contributed by atoms with Crippen molar-refractivity contribution in [2.24, 2.45) is 4.36 Å². The Bertz CT molecular complexity index is 2130. The number of fused-ring (bicyclic) bond motifs is 3. The molecule has 0 saturated carbocycles. The SMILES string of the molecule is CO[C@@H]1COc2c(S(=O)(=NC(c3ccccc3)(c3ccccc3)c3ccccc3)NC(=O)Nc3c4c(c(F)c5c3C[C@H](F)C5)CCC4)cnn2C1. The molecule has 0 bridgehead atoms. The molecule has 2 aliphatic carbocycles. The molecular formula is C39H37F2N5O4S. The molecule has 3 aliphatic rings. The number of amides is 2. The number of alkyl halides is 1. The van der Waals surface area contributed by atoms with E-state index in [1.54, 1.807) is 11.8 Å². The minimum absolute atomic E-state index is 0.0144. The molecule has 9 nitrogen and oxygen atoms in total. The number of methoxy groups -OCH3 is 1. The van der Waals surface area contributed by atoms with Crippen LogP contribution in [0.2, 0.25) is 0 Å². The fourth-order valence-corrected chi connectivity index (χ4v) is 9.53. The molecule has 3 atom stereocenters. The van der Waals surface area contributed by atoms with Crippen molar-refractivity contribution in [3.05, 3.63) is 142 Å². The van der Waals surface area contributed by atoms with Crippen LogP contribution >= 0.6 is 0 Å². The highest BCUT2D eigenvalue weighted by molar-refractivity contribution is 7.92. The second kappa shape index (κ2) is 13.2. The van der Waals surface area contributed by atoms with Gasteiger partial charge in [-0.2, -0.15) is 9.46 Å². The van der Waals surface area contributed by atoms with Crippen LogP contribution in [0.5, 0.6) is 5.88 Å². The van der Waals surface area contributed by atoms with Gasteiger partial charge in [-0.1, -0.05) is 91.0 Å². The van der Waals surface area contributed by atoms with E-state index in [0.29, 0.717) is 70.4 Å². The Labute approximate surface area is 295 Å². The van der Waals surface area contributed by atoms with Crippen LogP contribution in [0.4, 0.5) is 19.3 Å². The molecule has 2 heterocycles. The zero-order valence-corrected chi connectivity index (χ0v) is 28.8. The van der Waals surface area contributed by atoms with Crippen LogP contribution in [0, 0.1) is 5.82 Å². The lowest BCUT2D eigenvalue weighted by Crippen LogP contribution is -2.39. The van der Waals surface area contributed by atoms with Crippen molar-refractivity contribution in [1.29, 1.82) is 0 Å². The van der Waals surface area contributed by atoms with Gasteiger partial charge >= 0.3 is 6.03 Å². The number of urea groups is 1. The molecular weight excluding hydrogens is 673 g/mol. The lowest BCUT2D eigenvalue weighted by Gasteiger charge is -2.33. The summed E-state index contributed by atoms with van der Waals surface area (Å²) in [7, 11) is -2.41. The van der Waals surface area contributed by atoms with Crippen molar-refractivity contribution in [1.82, 2.24) is 14.5 Å². The number of anilines is 1. The van der Waals surface area contributed by atoms with Crippen molar-refractivity contribution in [2.45, 2.75) is 61.4 Å². The van der Waals surface area contributed by atoms with Gasteiger partial charge in [0.15, 0.2) is 9.92 Å². The summed E-state index contributed by atoms with van der Waals surface area (Å²) in [6.45, 7) is 0.517. The van der Waals surface area contributed by atoms with Gasteiger partial charge in [0.05, 0.1) is 12.7 Å². The van der Waals surface area contributed by atoms with Gasteiger partial charge in [0, 0.05) is 25.6 Å². The Morgan fingerprint density at radius 2 is 1.51 bits per heavy atom. The van der Waals surface area contributed by atoms with Gasteiger partial charge in [0.1, 0.15) is 35.1 Å². The normalized spacial score (nSPS) is 18.9. The maximum atomic E-state index is 16.0. The highest BCUT2D eigenvalue weighted by Crippen LogP contribution is 2.44. The van der Waals surface area contributed by atoms with E-state index in [1.807, 2.05) is 91.0 Å². The van der Waals surface area contributed by atoms with E-state index in [2.05, 4.69) is 15.1 Å². The monoisotopic (exact) mass is 709 g/mol. The number of carbonyl (C=O) groups is 1. The van der Waals surface area contributed by atoms with E-state index in [0.717, 1.165) is 0 Å². The minimum atomic E-state index is -3.99. The number of aromatic nitrogens is 2. The van der Waals surface area contributed by atoms with E-state index in [9.17, 15) is 9.18 Å². The lowest BCUT2D eigenvalue weighted by molar-refractivity contribution is 0.0165. The van der Waals surface area contributed by atoms with Crippen molar-refractivity contribution in [2.75, 3.05) is 19.0 Å². The molecule has 4 aromatic carbocycles. The lowest BCUT2D eigenvalue weighted by atomic mass is 9.78. The van der Waals surface area contributed by atoms with E-state index in [4.69, 9.17) is 13.8 Å². The number of nitrogens with one attached hydrogen (secondary N) is 2. The maximum absolute atomic E-state index is 16.0. The third-order valence-electron chi connectivity index (χ3n) is 10.1. The molecule has 0 spiro atoms. The van der Waals surface area contributed by atoms with Crippen LogP contribution < -0.4 is 14.8 Å². The predicted octanol–water partition coefficient (Wildman–Crippen LogP) is 6.91. The number of nitrogens with zero attached hydrogens (tertiary/aromatic N) is 3. The molecule has 262 valence electrons. The first-order valence-corrected chi connectivity index (χ1v) is 18.6. The Morgan fingerprint density at radius 3 is 2.12 bits per heavy atom. The summed E-state index contributed by atoms with van der Waals surface area (Å²) >= 11 is 0. The summed E-state index contributed by atoms with van der Waals surface area (Å²) in [4.78, 5) is 14.4. The van der Waals surface area contributed by atoms with Crippen molar-refractivity contribution < 1.29 is 27.3 Å². The van der Waals surface area contributed by atoms with Crippen LogP contribution in [0.1, 0.15) is 45.4 Å². The largest absolute Gasteiger partial charge is 0.474 e. The highest BCUT2D eigenvalue weighted by atomic mass is 32.2. The fourth-order valence-electron chi connectivity index (χ4n) is 7.68. The molecule has 1 unspecified atom stereocenters. The second-order valence-corrected chi connectivity index (χ2v) is 15.0. The maximum Gasteiger partial charge on any atom is 0.331 e. The van der Waals surface area contributed by atoms with Gasteiger partial charge in [-0.3, -0.25) is 0 Å². The van der Waals surface area contributed by atoms with Crippen molar-refractivity contribution >= 4 is 21.6 Å². The summed E-state index contributed by atoms with van der Waals surface area (Å²) < 4.78 is 67.4. The van der Waals surface area contributed by atoms with Crippen LogP contribution in [-0.4, -0.2) is 46.0 Å². The summed E-state index contributed by atoms with van der Waals surface area (Å²) in [5.74, 6) is -0.178. The predicted molar refractivity (Wildman–Crippen MR) is 189 cm³/mol. The topological polar surface area (TPSA) is 107 Å². The van der Waals surface area contributed by atoms with Crippen LogP contribution in [0.15, 0.2) is 106 Å². The van der Waals surface area contributed by atoms with E-state index >= 15 is 8.60 Å². The summed E-state index contributed by atoms with van der Waals surface area (Å²) in [6.07, 6.45) is 1.56. The zero-order valence-electron chi connectivity index (χ0n) is 28.0. The molecule has 2 N–H and O–H groups in total. The van der Waals surface area contributed by atoms with Crippen LogP contribution in [0.3, 0.4) is 0 Å². The third kappa shape index (κ3) is 5.76. The fraction of sp³-hybridized carbons (Fsp3) is 0.282. The molecule has 0 fully saturated rings. The second-order valence-electron chi connectivity index (χ2n) is 13.1. The van der Waals surface area contributed by atoms with Gasteiger partial charge in [0.2, 0.25) is 5.88 Å². The minimum Gasteiger partial charge on any atom is -0.474 e. The van der Waals surface area contributed by atoms with E-state index < -0.39 is 27.7 Å². The summed E-state index contributed by atoms with van der Waals surface area (Å²) in [6, 6.07) is 27.6. The molecule has 1 aromatic heterocycles. The number of hydrogen-bond acceptors (Lipinski definition) is 6. The highest BCUT2D eigenvalue weighted by Gasteiger charge is 2.41. The first-order chi connectivity index (χ1) is 24.8. The van der Waals surface area contributed by atoms with Gasteiger partial charge in [-0.25, -0.2) is 27.2 Å². The number of benzene rings is 4. The number of carbonyl (C=O) groups excluding carboxylic acids is 1. The molecule has 0 saturated heterocycles. The molecule has 2 amide bonds. The van der Waals surface area contributed by atoms with E-state index in [-0.39, 0.29) is 42.1 Å². The Balaban J connectivity index is 1.34. The van der Waals surface area contributed by atoms with Gasteiger partial charge in [-0.05, 0) is 58.2 Å². The first kappa shape index (κ1) is 33.1. The third-order valence-corrected chi connectivity index (χ3v) is 11.9. The molecule has 5 aromatic rings. The Morgan fingerprint density at radius 1 is 0.922 bits per heavy atom. The van der Waals surface area contributed by atoms with Crippen molar-refractivity contribution in [3.8, 4) is 5.88 Å². The van der Waals surface area contributed by atoms with Gasteiger partial charge in [-0.15, -0.1) is 0 Å². The standard InChI is InChI=1S/C39H37F2N5O4S/c1-49-29-23-46-37(50-24-29)34(22-42-46)51(48,44-38(47)43-36-31-19-11-18-30(31)35(41)32-20-28(40)21-33(32)36)45-39(25-12-5-2-6-13-25,26-14-7-3-8-15-26)27-16-9-4-10-17-27/h2-10,12-17,22,28-29H,11,18-21,23-24H2,1H3,(H2,43,44,45,47,48)/t28-,29+,51?/m1/s1. The number of halogens is 2. The number of hydrogen-bond donors (Lipinski definition) is 2. The Hall–Kier alpha value is -5.07. The molecule has 0 radical (unpaired) electrons. The van der Waals surface area contributed by atoms with E-state index in [1.165, 1.54) is 6.20 Å². The smallest absolute Gasteiger partial charge is 0.331 e. The molecule has 51 heavy (non-hydrogen) atoms. The molecule has 1 aliphatic heterocycles. The first-order valence-electron chi connectivity index (χ1n) is 17.0. The number of rotatable bonds is 8. The summed E-state index contributed by atoms with van der Waals surface area (Å²) in [5.41, 5.74) is 3.03. The average molecular weight is 710 g/mol. The number of ether oxygens (including phenoxy) is 2. The quantitative estimate of drug-likeness (QED) is 0.170. The zero-order chi connectivity index (χ0) is 35.2. The van der Waals surface area contributed by atoms with Crippen LogP contribution in [-0.2, 0) is 52.4 Å². The molecule has 8 rings (SSSR count). The Kier molecular flexibility index (Phi) is 8.59.